The molecular weight excluding hydrogens is 372 g/mol. The molecule has 2 aliphatic heterocycles. The van der Waals surface area contributed by atoms with Crippen LogP contribution in [-0.4, -0.2) is 65.0 Å². The summed E-state index contributed by atoms with van der Waals surface area (Å²) in [7, 11) is 1.37. The van der Waals surface area contributed by atoms with E-state index >= 15 is 0 Å². The van der Waals surface area contributed by atoms with Crippen molar-refractivity contribution in [1.82, 2.24) is 9.80 Å². The van der Waals surface area contributed by atoms with Gasteiger partial charge in [0.25, 0.3) is 0 Å². The Hall–Kier alpha value is -2.41. The topological polar surface area (TPSA) is 87.1 Å². The van der Waals surface area contributed by atoms with Gasteiger partial charge in [0, 0.05) is 12.5 Å². The molecule has 1 aromatic rings. The number of methoxy groups -OCH3 is 1. The van der Waals surface area contributed by atoms with Gasteiger partial charge >= 0.3 is 5.97 Å². The normalized spacial score (nSPS) is 32.1. The molecule has 1 aromatic carbocycles. The molecule has 2 heterocycles. The maximum absolute atomic E-state index is 13.1. The largest absolute Gasteiger partial charge is 0.469 e. The monoisotopic (exact) mass is 400 g/mol. The quantitative estimate of drug-likeness (QED) is 0.778. The highest BCUT2D eigenvalue weighted by molar-refractivity contribution is 5.89. The second-order valence-electron chi connectivity index (χ2n) is 8.40. The summed E-state index contributed by atoms with van der Waals surface area (Å²) in [6.45, 7) is 0.492. The van der Waals surface area contributed by atoms with Gasteiger partial charge in [-0.05, 0) is 37.7 Å². The van der Waals surface area contributed by atoms with E-state index in [-0.39, 0.29) is 48.4 Å². The number of aliphatic hydroxyl groups excluding tert-OH is 1. The van der Waals surface area contributed by atoms with Gasteiger partial charge in [-0.2, -0.15) is 0 Å². The van der Waals surface area contributed by atoms with E-state index in [9.17, 15) is 19.5 Å². The summed E-state index contributed by atoms with van der Waals surface area (Å²) in [6, 6.07) is 9.02. The van der Waals surface area contributed by atoms with Crippen LogP contribution in [0.1, 0.15) is 43.7 Å². The average molecular weight is 400 g/mol. The smallest absolute Gasteiger partial charge is 0.311 e. The van der Waals surface area contributed by atoms with E-state index in [2.05, 4.69) is 0 Å². The van der Waals surface area contributed by atoms with Crippen molar-refractivity contribution in [3.63, 3.8) is 0 Å². The summed E-state index contributed by atoms with van der Waals surface area (Å²) in [6.07, 6.45) is 2.76. The number of rotatable bonds is 3. The molecule has 3 atom stereocenters. The van der Waals surface area contributed by atoms with E-state index < -0.39 is 5.92 Å². The van der Waals surface area contributed by atoms with Crippen molar-refractivity contribution in [3.05, 3.63) is 35.9 Å². The van der Waals surface area contributed by atoms with Gasteiger partial charge in [-0.25, -0.2) is 0 Å². The Morgan fingerprint density at radius 2 is 1.79 bits per heavy atom. The van der Waals surface area contributed by atoms with Crippen LogP contribution in [0.3, 0.4) is 0 Å². The predicted octanol–water partition coefficient (Wildman–Crippen LogP) is 1.51. The molecule has 156 valence electrons. The summed E-state index contributed by atoms with van der Waals surface area (Å²) in [5, 5.41) is 9.70. The maximum atomic E-state index is 13.1. The minimum atomic E-state index is -0.434. The Bertz CT molecular complexity index is 775. The first-order valence-electron chi connectivity index (χ1n) is 10.4. The summed E-state index contributed by atoms with van der Waals surface area (Å²) >= 11 is 0. The highest BCUT2D eigenvalue weighted by Crippen LogP contribution is 2.43. The molecule has 3 fully saturated rings. The number of ether oxygens (including phenoxy) is 1. The molecule has 1 aliphatic carbocycles. The fourth-order valence-corrected chi connectivity index (χ4v) is 5.21. The Balaban J connectivity index is 1.55. The molecular formula is C22H28N2O5. The number of amides is 2. The lowest BCUT2D eigenvalue weighted by molar-refractivity contribution is -0.153. The highest BCUT2D eigenvalue weighted by atomic mass is 16.5. The lowest BCUT2D eigenvalue weighted by atomic mass is 9.86. The van der Waals surface area contributed by atoms with E-state index in [4.69, 9.17) is 4.74 Å². The second-order valence-corrected chi connectivity index (χ2v) is 8.40. The predicted molar refractivity (Wildman–Crippen MR) is 104 cm³/mol. The lowest BCUT2D eigenvalue weighted by Gasteiger charge is -2.41. The number of aliphatic hydroxyl groups is 1. The number of carbonyl (C=O) groups is 3. The van der Waals surface area contributed by atoms with Crippen LogP contribution in [0.2, 0.25) is 0 Å². The summed E-state index contributed by atoms with van der Waals surface area (Å²) in [5.74, 6) is -0.995. The first-order valence-corrected chi connectivity index (χ1v) is 10.4. The van der Waals surface area contributed by atoms with Crippen LogP contribution in [0, 0.1) is 11.8 Å². The Kier molecular flexibility index (Phi) is 5.58. The zero-order valence-corrected chi connectivity index (χ0v) is 16.7. The molecule has 3 aliphatic rings. The molecule has 7 heteroatoms. The first kappa shape index (κ1) is 19.9. The molecule has 2 amide bonds. The number of hydrogen-bond donors (Lipinski definition) is 1. The van der Waals surface area contributed by atoms with Crippen LogP contribution in [0.4, 0.5) is 0 Å². The van der Waals surface area contributed by atoms with Crippen molar-refractivity contribution in [1.29, 1.82) is 0 Å². The fourth-order valence-electron chi connectivity index (χ4n) is 5.21. The van der Waals surface area contributed by atoms with Crippen LogP contribution >= 0.6 is 0 Å². The summed E-state index contributed by atoms with van der Waals surface area (Å²) in [4.78, 5) is 42.0. The molecule has 29 heavy (non-hydrogen) atoms. The minimum absolute atomic E-state index is 0.00248. The maximum Gasteiger partial charge on any atom is 0.311 e. The van der Waals surface area contributed by atoms with Crippen LogP contribution in [0.15, 0.2) is 30.3 Å². The highest BCUT2D eigenvalue weighted by Gasteiger charge is 2.51. The SMILES string of the molecule is COC(=O)[C@H]1C[C@H]2CN(C(=O)C3CCC(O)CC3)CC(=O)N2[C@H]1c1ccccc1. The first-order chi connectivity index (χ1) is 14.0. The number of fused-ring (bicyclic) bond motifs is 1. The van der Waals surface area contributed by atoms with Crippen molar-refractivity contribution < 1.29 is 24.2 Å². The van der Waals surface area contributed by atoms with Crippen LogP contribution in [0.5, 0.6) is 0 Å². The minimum Gasteiger partial charge on any atom is -0.469 e. The third-order valence-corrected chi connectivity index (χ3v) is 6.65. The van der Waals surface area contributed by atoms with E-state index in [1.807, 2.05) is 30.3 Å². The fraction of sp³-hybridized carbons (Fsp3) is 0.591. The Labute approximate surface area is 170 Å². The molecule has 1 N–H and O–H groups in total. The molecule has 0 bridgehead atoms. The standard InChI is InChI=1S/C22H28N2O5/c1-29-22(28)18-11-16-12-23(21(27)15-7-9-17(25)10-8-15)13-19(26)24(16)20(18)14-5-3-2-4-6-14/h2-6,15-18,20,25H,7-13H2,1H3/t15?,16-,17?,18-,20-/m0/s1. The van der Waals surface area contributed by atoms with Gasteiger partial charge in [0.2, 0.25) is 11.8 Å². The molecule has 1 saturated carbocycles. The lowest BCUT2D eigenvalue weighted by Crippen LogP contribution is -2.57. The third kappa shape index (κ3) is 3.75. The van der Waals surface area contributed by atoms with Crippen molar-refractivity contribution in [2.24, 2.45) is 11.8 Å². The van der Waals surface area contributed by atoms with Gasteiger partial charge in [-0.1, -0.05) is 30.3 Å². The zero-order chi connectivity index (χ0) is 20.5. The molecule has 0 aromatic heterocycles. The summed E-state index contributed by atoms with van der Waals surface area (Å²) in [5.41, 5.74) is 0.916. The second kappa shape index (κ2) is 8.14. The number of nitrogens with zero attached hydrogens (tertiary/aromatic N) is 2. The molecule has 2 saturated heterocycles. The molecule has 4 rings (SSSR count). The number of benzene rings is 1. The van der Waals surface area contributed by atoms with Crippen molar-refractivity contribution in [2.45, 2.75) is 50.3 Å². The van der Waals surface area contributed by atoms with Gasteiger partial charge in [-0.15, -0.1) is 0 Å². The summed E-state index contributed by atoms with van der Waals surface area (Å²) < 4.78 is 5.03. The van der Waals surface area contributed by atoms with Crippen molar-refractivity contribution >= 4 is 17.8 Å². The van der Waals surface area contributed by atoms with Gasteiger partial charge < -0.3 is 19.6 Å². The van der Waals surface area contributed by atoms with Gasteiger partial charge in [0.1, 0.15) is 0 Å². The molecule has 7 nitrogen and oxygen atoms in total. The number of carbonyl (C=O) groups excluding carboxylic acids is 3. The number of esters is 1. The van der Waals surface area contributed by atoms with Gasteiger partial charge in [-0.3, -0.25) is 14.4 Å². The Morgan fingerprint density at radius 3 is 2.45 bits per heavy atom. The van der Waals surface area contributed by atoms with Crippen molar-refractivity contribution in [3.8, 4) is 0 Å². The Morgan fingerprint density at radius 1 is 1.10 bits per heavy atom. The van der Waals surface area contributed by atoms with E-state index in [0.717, 1.165) is 5.56 Å². The van der Waals surface area contributed by atoms with Crippen molar-refractivity contribution in [2.75, 3.05) is 20.2 Å². The van der Waals surface area contributed by atoms with Gasteiger partial charge in [0.05, 0.1) is 37.8 Å². The number of piperazine rings is 1. The zero-order valence-electron chi connectivity index (χ0n) is 16.7. The van der Waals surface area contributed by atoms with Crippen LogP contribution in [0.25, 0.3) is 0 Å². The number of hydrogen-bond acceptors (Lipinski definition) is 5. The van der Waals surface area contributed by atoms with Crippen LogP contribution < -0.4 is 0 Å². The van der Waals surface area contributed by atoms with E-state index in [1.54, 1.807) is 9.80 Å². The molecule has 0 spiro atoms. The van der Waals surface area contributed by atoms with Crippen LogP contribution in [-0.2, 0) is 19.1 Å². The average Bonchev–Trinajstić information content (AvgIpc) is 3.14. The third-order valence-electron chi connectivity index (χ3n) is 6.65. The van der Waals surface area contributed by atoms with Gasteiger partial charge in [0.15, 0.2) is 0 Å². The van der Waals surface area contributed by atoms with E-state index in [1.165, 1.54) is 7.11 Å². The van der Waals surface area contributed by atoms with E-state index in [0.29, 0.717) is 38.6 Å². The molecule has 0 radical (unpaired) electrons. The molecule has 0 unspecified atom stereocenters.